The van der Waals surface area contributed by atoms with Crippen LogP contribution < -0.4 is 5.73 Å². The summed E-state index contributed by atoms with van der Waals surface area (Å²) < 4.78 is 13.4. The molecule has 3 nitrogen and oxygen atoms in total. The number of carbonyl (C=O) groups is 1. The third-order valence-corrected chi connectivity index (χ3v) is 4.27. The molecule has 0 radical (unpaired) electrons. The number of nitrogens with two attached hydrogens (primary N) is 1. The molecule has 2 aromatic rings. The van der Waals surface area contributed by atoms with E-state index in [4.69, 9.17) is 34.0 Å². The highest BCUT2D eigenvalue weighted by Crippen LogP contribution is 2.35. The summed E-state index contributed by atoms with van der Waals surface area (Å²) in [5.41, 5.74) is 7.86. The molecule has 0 aliphatic rings. The van der Waals surface area contributed by atoms with Crippen molar-refractivity contribution in [2.24, 2.45) is 5.73 Å². The Morgan fingerprint density at radius 1 is 1.12 bits per heavy atom. The van der Waals surface area contributed by atoms with Crippen LogP contribution in [0.15, 0.2) is 42.5 Å². The maximum Gasteiger partial charge on any atom is 0.303 e. The lowest BCUT2D eigenvalue weighted by Crippen LogP contribution is -2.21. The van der Waals surface area contributed by atoms with Gasteiger partial charge >= 0.3 is 5.97 Å². The minimum atomic E-state index is -0.911. The Hall–Kier alpha value is -1.33. The highest BCUT2D eigenvalue weighted by atomic mass is 35.5. The Morgan fingerprint density at radius 3 is 2.25 bits per heavy atom. The van der Waals surface area contributed by atoms with Crippen molar-refractivity contribution in [1.82, 2.24) is 0 Å². The fourth-order valence-corrected chi connectivity index (χ4v) is 2.81. The molecule has 130 valence electrons. The summed E-state index contributed by atoms with van der Waals surface area (Å²) in [5, 5.41) is 9.53. The summed E-state index contributed by atoms with van der Waals surface area (Å²) in [6, 6.07) is 10.9. The first-order chi connectivity index (χ1) is 10.9. The molecular formula is C17H17Cl3FNO2. The van der Waals surface area contributed by atoms with Crippen LogP contribution in [0.2, 0.25) is 10.0 Å². The van der Waals surface area contributed by atoms with E-state index >= 15 is 0 Å². The van der Waals surface area contributed by atoms with Crippen LogP contribution in [-0.4, -0.2) is 11.1 Å². The topological polar surface area (TPSA) is 63.3 Å². The van der Waals surface area contributed by atoms with Crippen molar-refractivity contribution < 1.29 is 14.3 Å². The van der Waals surface area contributed by atoms with E-state index in [-0.39, 0.29) is 29.8 Å². The monoisotopic (exact) mass is 391 g/mol. The Balaban J connectivity index is 0.00000288. The van der Waals surface area contributed by atoms with E-state index in [1.807, 2.05) is 0 Å². The van der Waals surface area contributed by atoms with Gasteiger partial charge in [-0.2, -0.15) is 0 Å². The predicted octanol–water partition coefficient (Wildman–Crippen LogP) is 5.20. The maximum absolute atomic E-state index is 13.4. The summed E-state index contributed by atoms with van der Waals surface area (Å²) in [6.45, 7) is 0. The lowest BCUT2D eigenvalue weighted by Gasteiger charge is -2.25. The second kappa shape index (κ2) is 9.23. The number of hydrogen-bond acceptors (Lipinski definition) is 2. The molecule has 0 aromatic heterocycles. The zero-order chi connectivity index (χ0) is 17.0. The minimum absolute atomic E-state index is 0. The fourth-order valence-electron chi connectivity index (χ4n) is 2.49. The van der Waals surface area contributed by atoms with Crippen LogP contribution in [0.25, 0.3) is 0 Å². The van der Waals surface area contributed by atoms with E-state index in [0.717, 1.165) is 5.56 Å². The van der Waals surface area contributed by atoms with Crippen molar-refractivity contribution >= 4 is 41.6 Å². The van der Waals surface area contributed by atoms with Crippen LogP contribution in [-0.2, 0) is 4.79 Å². The molecule has 2 rings (SSSR count). The molecule has 3 N–H and O–H groups in total. The lowest BCUT2D eigenvalue weighted by molar-refractivity contribution is -0.137. The normalized spacial score (nSPS) is 13.0. The second-order valence-corrected chi connectivity index (χ2v) is 6.13. The molecule has 0 unspecified atom stereocenters. The van der Waals surface area contributed by atoms with Crippen molar-refractivity contribution in [2.75, 3.05) is 0 Å². The van der Waals surface area contributed by atoms with Crippen molar-refractivity contribution in [2.45, 2.75) is 24.8 Å². The number of benzene rings is 2. The van der Waals surface area contributed by atoms with Crippen LogP contribution in [0.4, 0.5) is 4.39 Å². The summed E-state index contributed by atoms with van der Waals surface area (Å²) in [5.74, 6) is -1.73. The van der Waals surface area contributed by atoms with Crippen LogP contribution in [0.1, 0.15) is 35.9 Å². The van der Waals surface area contributed by atoms with Gasteiger partial charge < -0.3 is 10.8 Å². The standard InChI is InChI=1S/C17H16Cl2FNO2.ClH/c18-12-4-1-10(2-5-12)17(21)13(6-8-16(22)23)11-3-7-15(20)14(19)9-11;/h1-5,7,9,13,17H,6,8,21H2,(H,22,23);1H/t13-,17-;/m1./s1. The summed E-state index contributed by atoms with van der Waals surface area (Å²) >= 11 is 11.7. The first-order valence-corrected chi connectivity index (χ1v) is 7.82. The number of carboxylic acid groups (broad SMARTS) is 1. The predicted molar refractivity (Wildman–Crippen MR) is 96.6 cm³/mol. The third kappa shape index (κ3) is 5.35. The van der Waals surface area contributed by atoms with Gasteiger partial charge in [-0.15, -0.1) is 12.4 Å². The van der Waals surface area contributed by atoms with Crippen LogP contribution >= 0.6 is 35.6 Å². The van der Waals surface area contributed by atoms with Crippen molar-refractivity contribution in [3.63, 3.8) is 0 Å². The average Bonchev–Trinajstić information content (AvgIpc) is 2.51. The number of carboxylic acids is 1. The molecule has 0 bridgehead atoms. The van der Waals surface area contributed by atoms with Gasteiger partial charge in [0.2, 0.25) is 0 Å². The zero-order valence-corrected chi connectivity index (χ0v) is 14.9. The van der Waals surface area contributed by atoms with Gasteiger partial charge in [0, 0.05) is 23.4 Å². The molecule has 24 heavy (non-hydrogen) atoms. The Labute approximate surface area is 156 Å². The highest BCUT2D eigenvalue weighted by molar-refractivity contribution is 6.31. The van der Waals surface area contributed by atoms with Gasteiger partial charge in [0.1, 0.15) is 5.82 Å². The molecule has 2 atom stereocenters. The van der Waals surface area contributed by atoms with E-state index in [9.17, 15) is 9.18 Å². The molecule has 0 heterocycles. The van der Waals surface area contributed by atoms with E-state index in [0.29, 0.717) is 17.0 Å². The largest absolute Gasteiger partial charge is 0.481 e. The first kappa shape index (κ1) is 20.7. The molecule has 7 heteroatoms. The summed E-state index contributed by atoms with van der Waals surface area (Å²) in [4.78, 5) is 10.9. The number of aliphatic carboxylic acids is 1. The number of halogens is 4. The minimum Gasteiger partial charge on any atom is -0.481 e. The van der Waals surface area contributed by atoms with Crippen molar-refractivity contribution in [1.29, 1.82) is 0 Å². The second-order valence-electron chi connectivity index (χ2n) is 5.29. The van der Waals surface area contributed by atoms with Gasteiger partial charge in [-0.25, -0.2) is 4.39 Å². The van der Waals surface area contributed by atoms with E-state index in [1.165, 1.54) is 12.1 Å². The van der Waals surface area contributed by atoms with Gasteiger partial charge in [-0.3, -0.25) is 4.79 Å². The van der Waals surface area contributed by atoms with Gasteiger partial charge in [0.25, 0.3) is 0 Å². The molecule has 0 fully saturated rings. The average molecular weight is 393 g/mol. The Kier molecular flexibility index (Phi) is 7.97. The van der Waals surface area contributed by atoms with Crippen molar-refractivity contribution in [3.8, 4) is 0 Å². The Morgan fingerprint density at radius 2 is 1.71 bits per heavy atom. The SMILES string of the molecule is Cl.N[C@H](c1ccc(Cl)cc1)[C@H](CCC(=O)O)c1ccc(F)c(Cl)c1. The molecule has 0 saturated carbocycles. The van der Waals surface area contributed by atoms with Crippen LogP contribution in [0.3, 0.4) is 0 Å². The molecule has 2 aromatic carbocycles. The smallest absolute Gasteiger partial charge is 0.303 e. The molecular weight excluding hydrogens is 376 g/mol. The zero-order valence-electron chi connectivity index (χ0n) is 12.6. The van der Waals surface area contributed by atoms with Gasteiger partial charge in [-0.05, 0) is 41.8 Å². The van der Waals surface area contributed by atoms with Crippen LogP contribution in [0.5, 0.6) is 0 Å². The molecule has 0 spiro atoms. The van der Waals surface area contributed by atoms with E-state index < -0.39 is 17.8 Å². The van der Waals surface area contributed by atoms with E-state index in [2.05, 4.69) is 0 Å². The van der Waals surface area contributed by atoms with Crippen molar-refractivity contribution in [3.05, 3.63) is 69.5 Å². The highest BCUT2D eigenvalue weighted by Gasteiger charge is 2.23. The molecule has 0 aliphatic heterocycles. The van der Waals surface area contributed by atoms with Gasteiger partial charge in [0.05, 0.1) is 5.02 Å². The molecule has 0 amide bonds. The molecule has 0 saturated heterocycles. The Bertz CT molecular complexity index is 695. The molecule has 0 aliphatic carbocycles. The van der Waals surface area contributed by atoms with E-state index in [1.54, 1.807) is 30.3 Å². The van der Waals surface area contributed by atoms with Crippen LogP contribution in [0, 0.1) is 5.82 Å². The van der Waals surface area contributed by atoms with Gasteiger partial charge in [0.15, 0.2) is 0 Å². The lowest BCUT2D eigenvalue weighted by atomic mass is 9.84. The number of rotatable bonds is 6. The third-order valence-electron chi connectivity index (χ3n) is 3.73. The van der Waals surface area contributed by atoms with Gasteiger partial charge in [-0.1, -0.05) is 41.4 Å². The first-order valence-electron chi connectivity index (χ1n) is 7.06. The number of hydrogen-bond donors (Lipinski definition) is 2. The summed E-state index contributed by atoms with van der Waals surface area (Å²) in [6.07, 6.45) is 0.280. The summed E-state index contributed by atoms with van der Waals surface area (Å²) in [7, 11) is 0. The quantitative estimate of drug-likeness (QED) is 0.710. The maximum atomic E-state index is 13.4. The fraction of sp³-hybridized carbons (Fsp3) is 0.235.